The molecule has 19 heavy (non-hydrogen) atoms. The lowest BCUT2D eigenvalue weighted by atomic mass is 10.1. The van der Waals surface area contributed by atoms with E-state index in [1.165, 1.54) is 16.5 Å². The smallest absolute Gasteiger partial charge is 0.149 e. The van der Waals surface area contributed by atoms with Crippen LogP contribution in [0.4, 0.5) is 0 Å². The molecule has 0 fully saturated rings. The Hall–Kier alpha value is -2.14. The molecule has 98 valence electrons. The van der Waals surface area contributed by atoms with Crippen LogP contribution in [0.25, 0.3) is 10.9 Å². The van der Waals surface area contributed by atoms with Gasteiger partial charge in [-0.25, -0.2) is 0 Å². The first kappa shape index (κ1) is 11.9. The summed E-state index contributed by atoms with van der Waals surface area (Å²) in [5.74, 6) is 0.946. The minimum atomic E-state index is 0.168. The van der Waals surface area contributed by atoms with Gasteiger partial charge in [0.25, 0.3) is 0 Å². The minimum absolute atomic E-state index is 0.168. The first-order valence-corrected chi connectivity index (χ1v) is 6.38. The van der Waals surface area contributed by atoms with Crippen molar-refractivity contribution in [2.45, 2.75) is 19.5 Å². The molecule has 1 aromatic carbocycles. The molecule has 0 aliphatic carbocycles. The van der Waals surface area contributed by atoms with Crippen molar-refractivity contribution < 1.29 is 0 Å². The molecule has 0 saturated carbocycles. The summed E-state index contributed by atoms with van der Waals surface area (Å²) in [6, 6.07) is 8.58. The standard InChI is InChI=1S/C14H17N5/c1-10(14-18-17-9-19(14)2)16-8-11-4-3-5-13-12(11)6-7-15-13/h3-7,9-10,15-16H,8H2,1-2H3. The van der Waals surface area contributed by atoms with Crippen LogP contribution in [0.1, 0.15) is 24.4 Å². The van der Waals surface area contributed by atoms with Crippen LogP contribution in [-0.4, -0.2) is 19.7 Å². The van der Waals surface area contributed by atoms with E-state index in [9.17, 15) is 0 Å². The van der Waals surface area contributed by atoms with Crippen molar-refractivity contribution in [3.63, 3.8) is 0 Å². The fourth-order valence-electron chi connectivity index (χ4n) is 2.34. The van der Waals surface area contributed by atoms with Gasteiger partial charge in [-0.1, -0.05) is 12.1 Å². The van der Waals surface area contributed by atoms with E-state index >= 15 is 0 Å². The van der Waals surface area contributed by atoms with Gasteiger partial charge in [-0.2, -0.15) is 0 Å². The van der Waals surface area contributed by atoms with Gasteiger partial charge >= 0.3 is 0 Å². The van der Waals surface area contributed by atoms with E-state index in [1.807, 2.05) is 17.8 Å². The number of nitrogens with zero attached hydrogens (tertiary/aromatic N) is 3. The number of H-pyrrole nitrogens is 1. The van der Waals surface area contributed by atoms with Crippen LogP contribution in [0, 0.1) is 0 Å². The number of aromatic nitrogens is 4. The van der Waals surface area contributed by atoms with E-state index in [0.717, 1.165) is 12.4 Å². The van der Waals surface area contributed by atoms with Gasteiger partial charge in [0.15, 0.2) is 0 Å². The van der Waals surface area contributed by atoms with Crippen LogP contribution < -0.4 is 5.32 Å². The van der Waals surface area contributed by atoms with Crippen molar-refractivity contribution in [3.05, 3.63) is 48.2 Å². The molecule has 2 aromatic heterocycles. The summed E-state index contributed by atoms with van der Waals surface area (Å²) in [5, 5.41) is 12.8. The van der Waals surface area contributed by atoms with Gasteiger partial charge in [-0.3, -0.25) is 0 Å². The number of fused-ring (bicyclic) bond motifs is 1. The third-order valence-corrected chi connectivity index (χ3v) is 3.42. The number of hydrogen-bond donors (Lipinski definition) is 2. The highest BCUT2D eigenvalue weighted by Crippen LogP contribution is 2.18. The largest absolute Gasteiger partial charge is 0.361 e. The van der Waals surface area contributed by atoms with E-state index in [4.69, 9.17) is 0 Å². The summed E-state index contributed by atoms with van der Waals surface area (Å²) in [4.78, 5) is 3.23. The van der Waals surface area contributed by atoms with E-state index < -0.39 is 0 Å². The van der Waals surface area contributed by atoms with E-state index in [-0.39, 0.29) is 6.04 Å². The van der Waals surface area contributed by atoms with Gasteiger partial charge in [0.2, 0.25) is 0 Å². The van der Waals surface area contributed by atoms with Crippen molar-refractivity contribution in [1.82, 2.24) is 25.1 Å². The molecule has 0 spiro atoms. The Morgan fingerprint density at radius 1 is 1.37 bits per heavy atom. The third-order valence-electron chi connectivity index (χ3n) is 3.42. The molecule has 0 bridgehead atoms. The Bertz CT molecular complexity index is 682. The molecule has 2 heterocycles. The maximum atomic E-state index is 4.12. The van der Waals surface area contributed by atoms with Gasteiger partial charge in [0.05, 0.1) is 6.04 Å². The summed E-state index contributed by atoms with van der Waals surface area (Å²) < 4.78 is 1.94. The summed E-state index contributed by atoms with van der Waals surface area (Å²) >= 11 is 0. The second-order valence-electron chi connectivity index (χ2n) is 4.76. The predicted molar refractivity (Wildman–Crippen MR) is 74.6 cm³/mol. The van der Waals surface area contributed by atoms with Crippen LogP contribution >= 0.6 is 0 Å². The monoisotopic (exact) mass is 255 g/mol. The topological polar surface area (TPSA) is 58.5 Å². The lowest BCUT2D eigenvalue weighted by Gasteiger charge is -2.13. The number of benzene rings is 1. The molecule has 5 nitrogen and oxygen atoms in total. The molecule has 0 aliphatic heterocycles. The molecule has 0 amide bonds. The fourth-order valence-corrected chi connectivity index (χ4v) is 2.34. The minimum Gasteiger partial charge on any atom is -0.361 e. The fraction of sp³-hybridized carbons (Fsp3) is 0.286. The van der Waals surface area contributed by atoms with Crippen molar-refractivity contribution in [3.8, 4) is 0 Å². The van der Waals surface area contributed by atoms with Gasteiger partial charge in [0, 0.05) is 30.7 Å². The van der Waals surface area contributed by atoms with Gasteiger partial charge in [-0.05, 0) is 24.6 Å². The lowest BCUT2D eigenvalue weighted by molar-refractivity contribution is 0.529. The zero-order valence-electron chi connectivity index (χ0n) is 11.1. The van der Waals surface area contributed by atoms with Crippen molar-refractivity contribution in [2.24, 2.45) is 7.05 Å². The summed E-state index contributed by atoms with van der Waals surface area (Å²) in [5.41, 5.74) is 2.46. The van der Waals surface area contributed by atoms with Crippen molar-refractivity contribution >= 4 is 10.9 Å². The van der Waals surface area contributed by atoms with Crippen LogP contribution in [-0.2, 0) is 13.6 Å². The van der Waals surface area contributed by atoms with Crippen molar-refractivity contribution in [2.75, 3.05) is 0 Å². The zero-order chi connectivity index (χ0) is 13.2. The van der Waals surface area contributed by atoms with E-state index in [0.29, 0.717) is 0 Å². The van der Waals surface area contributed by atoms with Crippen LogP contribution in [0.15, 0.2) is 36.8 Å². The zero-order valence-corrected chi connectivity index (χ0v) is 11.1. The van der Waals surface area contributed by atoms with E-state index in [2.05, 4.69) is 51.7 Å². The Balaban J connectivity index is 1.76. The molecule has 0 aliphatic rings. The SMILES string of the molecule is CC(NCc1cccc2[nH]ccc12)c1nncn1C. The van der Waals surface area contributed by atoms with Crippen LogP contribution in [0.2, 0.25) is 0 Å². The summed E-state index contributed by atoms with van der Waals surface area (Å²) in [6.07, 6.45) is 3.70. The average Bonchev–Trinajstić information content (AvgIpc) is 3.04. The van der Waals surface area contributed by atoms with E-state index in [1.54, 1.807) is 6.33 Å². The number of rotatable bonds is 4. The van der Waals surface area contributed by atoms with Gasteiger partial charge in [-0.15, -0.1) is 10.2 Å². The Labute approximate surface area is 111 Å². The second-order valence-corrected chi connectivity index (χ2v) is 4.76. The first-order chi connectivity index (χ1) is 9.25. The second kappa shape index (κ2) is 4.85. The summed E-state index contributed by atoms with van der Waals surface area (Å²) in [6.45, 7) is 2.91. The molecule has 1 unspecified atom stereocenters. The maximum absolute atomic E-state index is 4.12. The lowest BCUT2D eigenvalue weighted by Crippen LogP contribution is -2.21. The third kappa shape index (κ3) is 2.24. The van der Waals surface area contributed by atoms with Crippen LogP contribution in [0.3, 0.4) is 0 Å². The number of hydrogen-bond acceptors (Lipinski definition) is 3. The Morgan fingerprint density at radius 3 is 3.05 bits per heavy atom. The number of nitrogens with one attached hydrogen (secondary N) is 2. The number of aryl methyl sites for hydroxylation is 1. The van der Waals surface area contributed by atoms with Crippen LogP contribution in [0.5, 0.6) is 0 Å². The first-order valence-electron chi connectivity index (χ1n) is 6.38. The Kier molecular flexibility index (Phi) is 3.05. The molecule has 0 radical (unpaired) electrons. The predicted octanol–water partition coefficient (Wildman–Crippen LogP) is 2.15. The maximum Gasteiger partial charge on any atom is 0.149 e. The molecule has 1 atom stereocenters. The highest BCUT2D eigenvalue weighted by atomic mass is 15.3. The highest BCUT2D eigenvalue weighted by Gasteiger charge is 2.11. The Morgan fingerprint density at radius 2 is 2.26 bits per heavy atom. The van der Waals surface area contributed by atoms with Gasteiger partial charge < -0.3 is 14.9 Å². The molecule has 5 heteroatoms. The molecule has 2 N–H and O–H groups in total. The molecular weight excluding hydrogens is 238 g/mol. The quantitative estimate of drug-likeness (QED) is 0.751. The molecular formula is C14H17N5. The number of aromatic amines is 1. The normalized spacial score (nSPS) is 12.9. The average molecular weight is 255 g/mol. The molecule has 3 aromatic rings. The van der Waals surface area contributed by atoms with Crippen molar-refractivity contribution in [1.29, 1.82) is 0 Å². The molecule has 0 saturated heterocycles. The molecule has 3 rings (SSSR count). The van der Waals surface area contributed by atoms with Gasteiger partial charge in [0.1, 0.15) is 12.2 Å². The summed E-state index contributed by atoms with van der Waals surface area (Å²) in [7, 11) is 1.96. The highest BCUT2D eigenvalue weighted by molar-refractivity contribution is 5.82.